The number of unbranched alkanes of at least 4 members (excludes halogenated alkanes) is 3. The number of methoxy groups -OCH3 is 1. The van der Waals surface area contributed by atoms with Crippen LogP contribution >= 0.6 is 15.9 Å². The Balaban J connectivity index is 2.71. The van der Waals surface area contributed by atoms with Gasteiger partial charge in [-0.1, -0.05) is 28.8 Å². The smallest absolute Gasteiger partial charge is 0.431 e. The fourth-order valence-electron chi connectivity index (χ4n) is 3.71. The van der Waals surface area contributed by atoms with Gasteiger partial charge in [0, 0.05) is 28.7 Å². The molecule has 13 heteroatoms. The summed E-state index contributed by atoms with van der Waals surface area (Å²) >= 11 is 3.33. The van der Waals surface area contributed by atoms with Crippen molar-refractivity contribution < 1.29 is 42.3 Å². The minimum atomic E-state index is -5.08. The second-order valence-corrected chi connectivity index (χ2v) is 8.40. The molecule has 1 aromatic rings. The van der Waals surface area contributed by atoms with E-state index in [2.05, 4.69) is 20.7 Å². The quantitative estimate of drug-likeness (QED) is 0.127. The van der Waals surface area contributed by atoms with Gasteiger partial charge in [-0.2, -0.15) is 13.2 Å². The number of non-ortho nitro benzene ring substituents is 1. The molecule has 0 aromatic heterocycles. The average molecular weight is 565 g/mol. The Morgan fingerprint density at radius 2 is 1.86 bits per heavy atom. The van der Waals surface area contributed by atoms with Gasteiger partial charge in [0.25, 0.3) is 5.69 Å². The van der Waals surface area contributed by atoms with Crippen molar-refractivity contribution in [3.05, 3.63) is 56.4 Å². The minimum absolute atomic E-state index is 0.0718. The molecule has 192 valence electrons. The summed E-state index contributed by atoms with van der Waals surface area (Å²) in [4.78, 5) is 35.3. The van der Waals surface area contributed by atoms with Crippen LogP contribution in [-0.2, 0) is 14.3 Å². The molecule has 1 aliphatic rings. The fraction of sp³-hybridized carbons (Fsp3) is 0.455. The Kier molecular flexibility index (Phi) is 9.69. The van der Waals surface area contributed by atoms with Gasteiger partial charge in [-0.05, 0) is 25.8 Å². The van der Waals surface area contributed by atoms with Crippen LogP contribution in [0, 0.1) is 10.1 Å². The molecule has 0 saturated carbocycles. The lowest BCUT2D eigenvalue weighted by atomic mass is 9.79. The molecule has 35 heavy (non-hydrogen) atoms. The third-order valence-corrected chi connectivity index (χ3v) is 5.84. The number of nitro benzene ring substituents is 1. The number of aliphatic carboxylic acids is 1. The Labute approximate surface area is 207 Å². The number of benzene rings is 1. The van der Waals surface area contributed by atoms with Gasteiger partial charge in [-0.15, -0.1) is 0 Å². The van der Waals surface area contributed by atoms with Crippen LogP contribution in [0.15, 0.2) is 40.7 Å². The molecular formula is C22H24BrF3N2O7. The van der Waals surface area contributed by atoms with E-state index in [0.29, 0.717) is 6.42 Å². The zero-order valence-corrected chi connectivity index (χ0v) is 20.5. The van der Waals surface area contributed by atoms with Crippen molar-refractivity contribution in [2.24, 2.45) is 0 Å². The summed E-state index contributed by atoms with van der Waals surface area (Å²) in [6.07, 6.45) is -1.84. The topological polar surface area (TPSA) is 128 Å². The van der Waals surface area contributed by atoms with Crippen LogP contribution in [0.1, 0.15) is 44.1 Å². The lowest BCUT2D eigenvalue weighted by molar-refractivity contribution is -0.384. The summed E-state index contributed by atoms with van der Waals surface area (Å²) in [6, 6.07) is 3.20. The number of nitro groups is 1. The summed E-state index contributed by atoms with van der Waals surface area (Å²) in [6.45, 7) is 1.24. The van der Waals surface area contributed by atoms with Gasteiger partial charge in [-0.3, -0.25) is 10.1 Å². The maximum Gasteiger partial charge on any atom is 0.431 e. The molecule has 2 N–H and O–H groups in total. The molecule has 1 atom stereocenters. The van der Waals surface area contributed by atoms with E-state index in [1.807, 2.05) is 5.32 Å². The predicted octanol–water partition coefficient (Wildman–Crippen LogP) is 4.96. The largest absolute Gasteiger partial charge is 0.493 e. The molecule has 1 unspecified atom stereocenters. The molecule has 1 aromatic carbocycles. The van der Waals surface area contributed by atoms with E-state index < -0.39 is 51.5 Å². The number of halogens is 4. The third kappa shape index (κ3) is 6.74. The van der Waals surface area contributed by atoms with Crippen molar-refractivity contribution in [1.29, 1.82) is 0 Å². The van der Waals surface area contributed by atoms with Crippen molar-refractivity contribution in [3.8, 4) is 5.75 Å². The number of ether oxygens (including phenoxy) is 2. The maximum absolute atomic E-state index is 13.9. The van der Waals surface area contributed by atoms with Gasteiger partial charge >= 0.3 is 18.1 Å². The molecule has 2 rings (SSSR count). The van der Waals surface area contributed by atoms with Crippen molar-refractivity contribution in [2.75, 3.05) is 19.0 Å². The highest BCUT2D eigenvalue weighted by atomic mass is 79.9. The Morgan fingerprint density at radius 1 is 1.20 bits per heavy atom. The number of carbonyl (C=O) groups is 2. The van der Waals surface area contributed by atoms with Gasteiger partial charge in [-0.25, -0.2) is 9.59 Å². The first-order valence-electron chi connectivity index (χ1n) is 10.5. The standard InChI is InChI=1S/C22H24BrF3N2O7/c1-12-16(20(29)30)17(18(21(31)34-2)19(27-12)22(24,25)26)14-11-13(28(32)33)7-8-15(14)35-10-6-4-3-5-9-23/h7-8,11,17,27H,3-6,9-10H2,1-2H3,(H,29,30). The second-order valence-electron chi connectivity index (χ2n) is 7.61. The van der Waals surface area contributed by atoms with Gasteiger partial charge in [0.2, 0.25) is 0 Å². The first-order chi connectivity index (χ1) is 16.4. The molecule has 0 fully saturated rings. The first-order valence-corrected chi connectivity index (χ1v) is 11.6. The lowest BCUT2D eigenvalue weighted by Crippen LogP contribution is -2.38. The van der Waals surface area contributed by atoms with E-state index in [-0.39, 0.29) is 23.6 Å². The highest BCUT2D eigenvalue weighted by Gasteiger charge is 2.48. The number of carbonyl (C=O) groups excluding carboxylic acids is 1. The summed E-state index contributed by atoms with van der Waals surface area (Å²) in [5.41, 5.74) is -4.30. The number of alkyl halides is 4. The van der Waals surface area contributed by atoms with E-state index in [0.717, 1.165) is 50.8 Å². The number of carboxylic acid groups (broad SMARTS) is 1. The molecule has 1 heterocycles. The molecule has 0 aliphatic carbocycles. The van der Waals surface area contributed by atoms with Gasteiger partial charge < -0.3 is 19.9 Å². The van der Waals surface area contributed by atoms with E-state index in [9.17, 15) is 38.0 Å². The molecule has 0 radical (unpaired) electrons. The highest BCUT2D eigenvalue weighted by molar-refractivity contribution is 9.09. The zero-order chi connectivity index (χ0) is 26.3. The SMILES string of the molecule is COC(=O)C1=C(C(F)(F)F)NC(C)=C(C(=O)O)C1c1cc([N+](=O)[O-])ccc1OCCCCCCBr. The van der Waals surface area contributed by atoms with Gasteiger partial charge in [0.15, 0.2) is 0 Å². The first kappa shape index (κ1) is 28.1. The predicted molar refractivity (Wildman–Crippen MR) is 122 cm³/mol. The van der Waals surface area contributed by atoms with Crippen LogP contribution < -0.4 is 10.1 Å². The molecule has 0 saturated heterocycles. The van der Waals surface area contributed by atoms with Crippen LogP contribution in [0.25, 0.3) is 0 Å². The fourth-order valence-corrected chi connectivity index (χ4v) is 4.11. The number of rotatable bonds is 11. The lowest BCUT2D eigenvalue weighted by Gasteiger charge is -2.32. The molecule has 0 bridgehead atoms. The summed E-state index contributed by atoms with van der Waals surface area (Å²) in [5, 5.41) is 24.0. The number of nitrogens with one attached hydrogen (secondary N) is 1. The molecule has 0 amide bonds. The van der Waals surface area contributed by atoms with E-state index in [1.165, 1.54) is 6.07 Å². The average Bonchev–Trinajstić information content (AvgIpc) is 2.79. The number of dihydropyridines is 1. The van der Waals surface area contributed by atoms with E-state index in [4.69, 9.17) is 4.74 Å². The van der Waals surface area contributed by atoms with Crippen LogP contribution in [0.3, 0.4) is 0 Å². The van der Waals surface area contributed by atoms with E-state index in [1.54, 1.807) is 0 Å². The maximum atomic E-state index is 13.9. The van der Waals surface area contributed by atoms with Crippen LogP contribution in [0.2, 0.25) is 0 Å². The Morgan fingerprint density at radius 3 is 2.40 bits per heavy atom. The Hall–Kier alpha value is -3.09. The number of carboxylic acids is 1. The minimum Gasteiger partial charge on any atom is -0.493 e. The second kappa shape index (κ2) is 12.0. The molecular weight excluding hydrogens is 541 g/mol. The monoisotopic (exact) mass is 564 g/mol. The van der Waals surface area contributed by atoms with Gasteiger partial charge in [0.05, 0.1) is 35.7 Å². The molecule has 9 nitrogen and oxygen atoms in total. The van der Waals surface area contributed by atoms with Crippen molar-refractivity contribution in [3.63, 3.8) is 0 Å². The highest BCUT2D eigenvalue weighted by Crippen LogP contribution is 2.46. The van der Waals surface area contributed by atoms with Crippen LogP contribution in [-0.4, -0.2) is 47.2 Å². The van der Waals surface area contributed by atoms with Crippen molar-refractivity contribution >= 4 is 33.6 Å². The third-order valence-electron chi connectivity index (χ3n) is 5.28. The van der Waals surface area contributed by atoms with Crippen LogP contribution in [0.4, 0.5) is 18.9 Å². The zero-order valence-electron chi connectivity index (χ0n) is 18.9. The van der Waals surface area contributed by atoms with Gasteiger partial charge in [0.1, 0.15) is 11.4 Å². The number of nitrogens with zero attached hydrogens (tertiary/aromatic N) is 1. The number of allylic oxidation sites excluding steroid dienone is 2. The number of esters is 1. The van der Waals surface area contributed by atoms with E-state index >= 15 is 0 Å². The number of hydrogen-bond acceptors (Lipinski definition) is 7. The van der Waals surface area contributed by atoms with Crippen molar-refractivity contribution in [2.45, 2.75) is 44.7 Å². The summed E-state index contributed by atoms with van der Waals surface area (Å²) in [7, 11) is 0.851. The summed E-state index contributed by atoms with van der Waals surface area (Å²) in [5.74, 6) is -4.97. The van der Waals surface area contributed by atoms with Crippen molar-refractivity contribution in [1.82, 2.24) is 5.32 Å². The molecule has 1 aliphatic heterocycles. The Bertz CT molecular complexity index is 1050. The molecule has 0 spiro atoms. The number of hydrogen-bond donors (Lipinski definition) is 2. The normalized spacial score (nSPS) is 16.1. The van der Waals surface area contributed by atoms with Crippen LogP contribution in [0.5, 0.6) is 5.75 Å². The summed E-state index contributed by atoms with van der Waals surface area (Å²) < 4.78 is 52.0.